The molecule has 24 heavy (non-hydrogen) atoms. The van der Waals surface area contributed by atoms with Gasteiger partial charge in [0.1, 0.15) is 4.88 Å². The number of hydrogen-bond donors (Lipinski definition) is 1. The van der Waals surface area contributed by atoms with Crippen LogP contribution in [0.25, 0.3) is 21.0 Å². The maximum atomic E-state index is 12.3. The summed E-state index contributed by atoms with van der Waals surface area (Å²) in [4.78, 5) is 28.1. The third-order valence-corrected chi connectivity index (χ3v) is 4.95. The first kappa shape index (κ1) is 14.7. The Bertz CT molecular complexity index is 1030. The molecule has 4 aromatic rings. The maximum absolute atomic E-state index is 12.3. The molecule has 0 fully saturated rings. The molecule has 0 amide bonds. The highest BCUT2D eigenvalue weighted by molar-refractivity contribution is 7.20. The SMILES string of the molecule is O=C(OCC(=O)c1c[nH]c2ccccc12)c1cc2ccccc2s1. The van der Waals surface area contributed by atoms with E-state index < -0.39 is 5.97 Å². The number of aromatic amines is 1. The molecule has 0 bridgehead atoms. The number of carbonyl (C=O) groups is 2. The van der Waals surface area contributed by atoms with Crippen LogP contribution in [-0.4, -0.2) is 23.3 Å². The number of ether oxygens (including phenoxy) is 1. The summed E-state index contributed by atoms with van der Waals surface area (Å²) in [7, 11) is 0. The summed E-state index contributed by atoms with van der Waals surface area (Å²) >= 11 is 1.37. The lowest BCUT2D eigenvalue weighted by Gasteiger charge is -2.02. The fraction of sp³-hybridized carbons (Fsp3) is 0.0526. The number of Topliss-reactive ketones (excluding diaryl/α,β-unsaturated/α-hetero) is 1. The summed E-state index contributed by atoms with van der Waals surface area (Å²) in [5, 5.41) is 1.83. The van der Waals surface area contributed by atoms with Crippen LogP contribution in [0.2, 0.25) is 0 Å². The van der Waals surface area contributed by atoms with Gasteiger partial charge in [0.15, 0.2) is 6.61 Å². The molecule has 2 heterocycles. The van der Waals surface area contributed by atoms with E-state index in [1.165, 1.54) is 11.3 Å². The van der Waals surface area contributed by atoms with Gasteiger partial charge in [0.25, 0.3) is 0 Å². The predicted octanol–water partition coefficient (Wildman–Crippen LogP) is 4.42. The third-order valence-electron chi connectivity index (χ3n) is 3.85. The summed E-state index contributed by atoms with van der Waals surface area (Å²) in [6.07, 6.45) is 1.65. The van der Waals surface area contributed by atoms with Crippen LogP contribution >= 0.6 is 11.3 Å². The third kappa shape index (κ3) is 2.59. The van der Waals surface area contributed by atoms with Crippen LogP contribution in [0.15, 0.2) is 60.8 Å². The molecule has 0 aliphatic carbocycles. The first-order valence-corrected chi connectivity index (χ1v) is 8.29. The van der Waals surface area contributed by atoms with Gasteiger partial charge in [-0.3, -0.25) is 4.79 Å². The van der Waals surface area contributed by atoms with Gasteiger partial charge in [-0.15, -0.1) is 11.3 Å². The van der Waals surface area contributed by atoms with Gasteiger partial charge in [-0.1, -0.05) is 36.4 Å². The van der Waals surface area contributed by atoms with Crippen molar-refractivity contribution in [3.05, 3.63) is 71.2 Å². The van der Waals surface area contributed by atoms with Crippen LogP contribution in [0.3, 0.4) is 0 Å². The van der Waals surface area contributed by atoms with Gasteiger partial charge in [0.05, 0.1) is 0 Å². The van der Waals surface area contributed by atoms with Crippen molar-refractivity contribution in [1.82, 2.24) is 4.98 Å². The smallest absolute Gasteiger partial charge is 0.348 e. The predicted molar refractivity (Wildman–Crippen MR) is 94.7 cm³/mol. The molecule has 0 aliphatic rings. The van der Waals surface area contributed by atoms with Gasteiger partial charge < -0.3 is 9.72 Å². The molecular weight excluding hydrogens is 322 g/mol. The van der Waals surface area contributed by atoms with Crippen LogP contribution in [0.1, 0.15) is 20.0 Å². The molecule has 4 rings (SSSR count). The average Bonchev–Trinajstić information content (AvgIpc) is 3.23. The zero-order valence-electron chi connectivity index (χ0n) is 12.6. The minimum atomic E-state index is -0.468. The summed E-state index contributed by atoms with van der Waals surface area (Å²) < 4.78 is 6.22. The molecule has 0 aliphatic heterocycles. The quantitative estimate of drug-likeness (QED) is 0.443. The Labute approximate surface area is 141 Å². The Morgan fingerprint density at radius 3 is 2.71 bits per heavy atom. The molecule has 2 aromatic carbocycles. The van der Waals surface area contributed by atoms with E-state index in [-0.39, 0.29) is 12.4 Å². The number of rotatable bonds is 4. The van der Waals surface area contributed by atoms with Crippen LogP contribution in [0, 0.1) is 0 Å². The average molecular weight is 335 g/mol. The molecule has 1 N–H and O–H groups in total. The van der Waals surface area contributed by atoms with Crippen molar-refractivity contribution in [2.24, 2.45) is 0 Å². The number of fused-ring (bicyclic) bond motifs is 2. The molecule has 0 saturated heterocycles. The number of hydrogen-bond acceptors (Lipinski definition) is 4. The van der Waals surface area contributed by atoms with Crippen molar-refractivity contribution in [2.45, 2.75) is 0 Å². The molecule has 5 heteroatoms. The molecule has 0 atom stereocenters. The van der Waals surface area contributed by atoms with E-state index in [1.54, 1.807) is 12.3 Å². The van der Waals surface area contributed by atoms with E-state index in [0.717, 1.165) is 21.0 Å². The minimum Gasteiger partial charge on any atom is -0.453 e. The number of esters is 1. The number of ketones is 1. The zero-order chi connectivity index (χ0) is 16.5. The number of H-pyrrole nitrogens is 1. The van der Waals surface area contributed by atoms with Crippen molar-refractivity contribution >= 4 is 44.1 Å². The Balaban J connectivity index is 1.49. The molecule has 0 radical (unpaired) electrons. The van der Waals surface area contributed by atoms with Crippen molar-refractivity contribution in [3.63, 3.8) is 0 Å². The Morgan fingerprint density at radius 2 is 1.83 bits per heavy atom. The van der Waals surface area contributed by atoms with Gasteiger partial charge in [0.2, 0.25) is 5.78 Å². The van der Waals surface area contributed by atoms with Crippen LogP contribution < -0.4 is 0 Å². The molecule has 0 spiro atoms. The maximum Gasteiger partial charge on any atom is 0.348 e. The van der Waals surface area contributed by atoms with Crippen LogP contribution in [-0.2, 0) is 4.74 Å². The molecule has 0 unspecified atom stereocenters. The molecular formula is C19H13NO3S. The first-order chi connectivity index (χ1) is 11.7. The Kier molecular flexibility index (Phi) is 3.63. The highest BCUT2D eigenvalue weighted by Gasteiger charge is 2.16. The molecule has 0 saturated carbocycles. The number of carbonyl (C=O) groups excluding carboxylic acids is 2. The highest BCUT2D eigenvalue weighted by atomic mass is 32.1. The van der Waals surface area contributed by atoms with Gasteiger partial charge in [-0.2, -0.15) is 0 Å². The first-order valence-electron chi connectivity index (χ1n) is 7.47. The topological polar surface area (TPSA) is 59.2 Å². The summed E-state index contributed by atoms with van der Waals surface area (Å²) in [6.45, 7) is -0.269. The summed E-state index contributed by atoms with van der Waals surface area (Å²) in [5.41, 5.74) is 1.42. The minimum absolute atomic E-state index is 0.220. The van der Waals surface area contributed by atoms with E-state index in [4.69, 9.17) is 4.74 Å². The fourth-order valence-corrected chi connectivity index (χ4v) is 3.62. The van der Waals surface area contributed by atoms with Crippen molar-refractivity contribution in [3.8, 4) is 0 Å². The van der Waals surface area contributed by atoms with Crippen molar-refractivity contribution in [1.29, 1.82) is 0 Å². The second kappa shape index (κ2) is 5.94. The number of benzene rings is 2. The second-order valence-corrected chi connectivity index (χ2v) is 6.48. The molecule has 2 aromatic heterocycles. The van der Waals surface area contributed by atoms with Gasteiger partial charge >= 0.3 is 5.97 Å². The lowest BCUT2D eigenvalue weighted by Crippen LogP contribution is -2.13. The Hall–Kier alpha value is -2.92. The van der Waals surface area contributed by atoms with Crippen LogP contribution in [0.5, 0.6) is 0 Å². The number of aromatic nitrogens is 1. The van der Waals surface area contributed by atoms with Crippen LogP contribution in [0.4, 0.5) is 0 Å². The Morgan fingerprint density at radius 1 is 1.04 bits per heavy atom. The number of nitrogens with one attached hydrogen (secondary N) is 1. The van der Waals surface area contributed by atoms with Gasteiger partial charge in [-0.05, 0) is 23.6 Å². The normalized spacial score (nSPS) is 11.0. The van der Waals surface area contributed by atoms with E-state index >= 15 is 0 Å². The lowest BCUT2D eigenvalue weighted by molar-refractivity contribution is 0.0480. The van der Waals surface area contributed by atoms with Gasteiger partial charge in [-0.25, -0.2) is 4.79 Å². The lowest BCUT2D eigenvalue weighted by atomic mass is 10.1. The van der Waals surface area contributed by atoms with E-state index in [1.807, 2.05) is 48.5 Å². The highest BCUT2D eigenvalue weighted by Crippen LogP contribution is 2.26. The van der Waals surface area contributed by atoms with Crippen molar-refractivity contribution < 1.29 is 14.3 Å². The van der Waals surface area contributed by atoms with Gasteiger partial charge in [0, 0.05) is 27.4 Å². The fourth-order valence-electron chi connectivity index (χ4n) is 2.66. The van der Waals surface area contributed by atoms with E-state index in [0.29, 0.717) is 10.4 Å². The number of para-hydroxylation sites is 1. The van der Waals surface area contributed by atoms with E-state index in [2.05, 4.69) is 4.98 Å². The zero-order valence-corrected chi connectivity index (χ0v) is 13.4. The number of thiophene rings is 1. The second-order valence-electron chi connectivity index (χ2n) is 5.40. The van der Waals surface area contributed by atoms with Crippen molar-refractivity contribution in [2.75, 3.05) is 6.61 Å². The summed E-state index contributed by atoms with van der Waals surface area (Å²) in [5.74, 6) is -0.689. The molecule has 118 valence electrons. The molecule has 4 nitrogen and oxygen atoms in total. The van der Waals surface area contributed by atoms with E-state index in [9.17, 15) is 9.59 Å². The monoisotopic (exact) mass is 335 g/mol. The summed E-state index contributed by atoms with van der Waals surface area (Å²) in [6, 6.07) is 17.1. The largest absolute Gasteiger partial charge is 0.453 e. The standard InChI is InChI=1S/C19H13NO3S/c21-16(14-10-20-15-7-3-2-6-13(14)15)11-23-19(22)18-9-12-5-1-4-8-17(12)24-18/h1-10,20H,11H2.